The van der Waals surface area contributed by atoms with Crippen molar-refractivity contribution in [2.24, 2.45) is 0 Å². The number of terminal acetylenes is 1. The largest absolute Gasteiger partial charge is 0.443 e. The molecule has 0 N–H and O–H groups in total. The standard InChI is InChI=1S/C20H14BrNO3/c1-2-10-22-17-9-8-14(21)11-16(17)20(19(22)24)15(12-18(23)25-20)13-6-4-3-5-7-13/h1,3-9,11,15H,10,12H2/t15-,20-/m0/s1. The van der Waals surface area contributed by atoms with Gasteiger partial charge in [-0.2, -0.15) is 0 Å². The van der Waals surface area contributed by atoms with E-state index in [1.165, 1.54) is 4.90 Å². The van der Waals surface area contributed by atoms with Crippen LogP contribution in [0, 0.1) is 12.3 Å². The molecule has 2 aromatic rings. The second-order valence-electron chi connectivity index (χ2n) is 6.13. The summed E-state index contributed by atoms with van der Waals surface area (Å²) in [5.41, 5.74) is 0.924. The highest BCUT2D eigenvalue weighted by Crippen LogP contribution is 2.55. The van der Waals surface area contributed by atoms with E-state index < -0.39 is 5.60 Å². The van der Waals surface area contributed by atoms with Crippen LogP contribution in [0.3, 0.4) is 0 Å². The summed E-state index contributed by atoms with van der Waals surface area (Å²) in [6, 6.07) is 15.1. The van der Waals surface area contributed by atoms with Gasteiger partial charge in [0.05, 0.1) is 18.7 Å². The zero-order valence-electron chi connectivity index (χ0n) is 13.2. The predicted molar refractivity (Wildman–Crippen MR) is 96.9 cm³/mol. The summed E-state index contributed by atoms with van der Waals surface area (Å²) in [6.45, 7) is 0.133. The summed E-state index contributed by atoms with van der Waals surface area (Å²) in [5, 5.41) is 0. The maximum Gasteiger partial charge on any atom is 0.308 e. The van der Waals surface area contributed by atoms with Gasteiger partial charge in [-0.05, 0) is 23.8 Å². The minimum Gasteiger partial charge on any atom is -0.443 e. The number of carbonyl (C=O) groups excluding carboxylic acids is 2. The molecule has 2 heterocycles. The summed E-state index contributed by atoms with van der Waals surface area (Å²) in [7, 11) is 0. The molecule has 0 bridgehead atoms. The highest BCUT2D eigenvalue weighted by Gasteiger charge is 2.63. The average molecular weight is 396 g/mol. The Morgan fingerprint density at radius 3 is 2.72 bits per heavy atom. The molecule has 0 aromatic heterocycles. The first-order valence-electron chi connectivity index (χ1n) is 7.90. The van der Waals surface area contributed by atoms with Crippen LogP contribution in [-0.2, 0) is 19.9 Å². The number of esters is 1. The third kappa shape index (κ3) is 2.21. The molecule has 2 aromatic carbocycles. The second kappa shape index (κ2) is 5.75. The maximum absolute atomic E-state index is 13.4. The molecule has 1 fully saturated rings. The molecule has 25 heavy (non-hydrogen) atoms. The Bertz CT molecular complexity index is 918. The number of hydrogen-bond acceptors (Lipinski definition) is 3. The lowest BCUT2D eigenvalue weighted by atomic mass is 9.78. The van der Waals surface area contributed by atoms with Gasteiger partial charge in [-0.25, -0.2) is 0 Å². The van der Waals surface area contributed by atoms with Gasteiger partial charge in [0.1, 0.15) is 0 Å². The quantitative estimate of drug-likeness (QED) is 0.578. The molecule has 124 valence electrons. The van der Waals surface area contributed by atoms with Crippen molar-refractivity contribution in [3.8, 4) is 12.3 Å². The van der Waals surface area contributed by atoms with Crippen LogP contribution in [0.2, 0.25) is 0 Å². The lowest BCUT2D eigenvalue weighted by molar-refractivity contribution is -0.157. The van der Waals surface area contributed by atoms with Gasteiger partial charge in [-0.3, -0.25) is 14.5 Å². The predicted octanol–water partition coefficient (Wildman–Crippen LogP) is 3.35. The molecule has 0 unspecified atom stereocenters. The Morgan fingerprint density at radius 2 is 2.00 bits per heavy atom. The summed E-state index contributed by atoms with van der Waals surface area (Å²) in [4.78, 5) is 27.1. The molecule has 1 amide bonds. The molecule has 0 aliphatic carbocycles. The topological polar surface area (TPSA) is 46.6 Å². The van der Waals surface area contributed by atoms with Gasteiger partial charge in [0.2, 0.25) is 5.60 Å². The first kappa shape index (κ1) is 15.9. The SMILES string of the molecule is C#CCN1C(=O)[C@@]2(OC(=O)C[C@H]2c2ccccc2)c2cc(Br)ccc21. The first-order valence-corrected chi connectivity index (χ1v) is 8.69. The van der Waals surface area contributed by atoms with Crippen molar-refractivity contribution in [3.63, 3.8) is 0 Å². The van der Waals surface area contributed by atoms with Crippen molar-refractivity contribution in [2.75, 3.05) is 11.4 Å². The Labute approximate surface area is 153 Å². The summed E-state index contributed by atoms with van der Waals surface area (Å²) in [6.07, 6.45) is 5.62. The number of hydrogen-bond donors (Lipinski definition) is 0. The minimum absolute atomic E-state index is 0.133. The fourth-order valence-corrected chi connectivity index (χ4v) is 4.15. The van der Waals surface area contributed by atoms with Gasteiger partial charge in [-0.1, -0.05) is 52.2 Å². The number of halogens is 1. The number of anilines is 1. The van der Waals surface area contributed by atoms with Crippen LogP contribution in [0.15, 0.2) is 53.0 Å². The number of benzene rings is 2. The van der Waals surface area contributed by atoms with Crippen LogP contribution in [0.5, 0.6) is 0 Å². The van der Waals surface area contributed by atoms with Crippen LogP contribution >= 0.6 is 15.9 Å². The molecule has 2 aliphatic rings. The number of nitrogens with zero attached hydrogens (tertiary/aromatic N) is 1. The number of fused-ring (bicyclic) bond motifs is 2. The Balaban J connectivity index is 1.96. The highest BCUT2D eigenvalue weighted by atomic mass is 79.9. The van der Waals surface area contributed by atoms with E-state index in [1.807, 2.05) is 48.5 Å². The molecule has 4 rings (SSSR count). The van der Waals surface area contributed by atoms with Gasteiger partial charge in [0, 0.05) is 16.0 Å². The number of carbonyl (C=O) groups is 2. The van der Waals surface area contributed by atoms with Gasteiger partial charge in [0.15, 0.2) is 0 Å². The van der Waals surface area contributed by atoms with E-state index in [0.29, 0.717) is 11.3 Å². The van der Waals surface area contributed by atoms with Crippen molar-refractivity contribution in [2.45, 2.75) is 17.9 Å². The monoisotopic (exact) mass is 395 g/mol. The van der Waals surface area contributed by atoms with Gasteiger partial charge in [0.25, 0.3) is 5.91 Å². The van der Waals surface area contributed by atoms with Crippen LogP contribution in [-0.4, -0.2) is 18.4 Å². The zero-order valence-corrected chi connectivity index (χ0v) is 14.8. The molecule has 1 spiro atoms. The van der Waals surface area contributed by atoms with Crippen molar-refractivity contribution < 1.29 is 14.3 Å². The lowest BCUT2D eigenvalue weighted by Gasteiger charge is -2.28. The molecular weight excluding hydrogens is 382 g/mol. The van der Waals surface area contributed by atoms with Crippen LogP contribution in [0.4, 0.5) is 5.69 Å². The normalized spacial score (nSPS) is 24.3. The Morgan fingerprint density at radius 1 is 1.24 bits per heavy atom. The van der Waals surface area contributed by atoms with Crippen LogP contribution in [0.1, 0.15) is 23.5 Å². The van der Waals surface area contributed by atoms with Gasteiger partial charge in [-0.15, -0.1) is 6.42 Å². The van der Waals surface area contributed by atoms with Crippen molar-refractivity contribution in [3.05, 3.63) is 64.1 Å². The van der Waals surface area contributed by atoms with Crippen molar-refractivity contribution in [1.29, 1.82) is 0 Å². The van der Waals surface area contributed by atoms with Gasteiger partial charge >= 0.3 is 5.97 Å². The summed E-state index contributed by atoms with van der Waals surface area (Å²) < 4.78 is 6.54. The van der Waals surface area contributed by atoms with Crippen LogP contribution in [0.25, 0.3) is 0 Å². The van der Waals surface area contributed by atoms with E-state index in [1.54, 1.807) is 0 Å². The van der Waals surface area contributed by atoms with E-state index in [0.717, 1.165) is 10.0 Å². The minimum atomic E-state index is -1.35. The maximum atomic E-state index is 13.4. The smallest absolute Gasteiger partial charge is 0.308 e. The Kier molecular flexibility index (Phi) is 3.66. The fourth-order valence-electron chi connectivity index (χ4n) is 3.79. The lowest BCUT2D eigenvalue weighted by Crippen LogP contribution is -2.43. The summed E-state index contributed by atoms with van der Waals surface area (Å²) >= 11 is 3.45. The molecule has 0 saturated carbocycles. The van der Waals surface area contributed by atoms with E-state index in [9.17, 15) is 9.59 Å². The van der Waals surface area contributed by atoms with Crippen LogP contribution < -0.4 is 4.90 Å². The molecule has 4 nitrogen and oxygen atoms in total. The Hall–Kier alpha value is -2.58. The van der Waals surface area contributed by atoms with Gasteiger partial charge < -0.3 is 4.74 Å². The molecule has 5 heteroatoms. The first-order chi connectivity index (χ1) is 12.1. The third-order valence-electron chi connectivity index (χ3n) is 4.80. The number of amides is 1. The van der Waals surface area contributed by atoms with E-state index in [2.05, 4.69) is 21.9 Å². The second-order valence-corrected chi connectivity index (χ2v) is 7.05. The third-order valence-corrected chi connectivity index (χ3v) is 5.29. The van der Waals surface area contributed by atoms with E-state index in [-0.39, 0.29) is 30.8 Å². The molecule has 1 saturated heterocycles. The van der Waals surface area contributed by atoms with E-state index in [4.69, 9.17) is 11.2 Å². The van der Waals surface area contributed by atoms with E-state index >= 15 is 0 Å². The van der Waals surface area contributed by atoms with Crippen molar-refractivity contribution in [1.82, 2.24) is 0 Å². The molecule has 0 radical (unpaired) electrons. The number of rotatable bonds is 2. The number of ether oxygens (including phenoxy) is 1. The van der Waals surface area contributed by atoms with Crippen molar-refractivity contribution >= 4 is 33.5 Å². The molecular formula is C20H14BrNO3. The summed E-state index contributed by atoms with van der Waals surface area (Å²) in [5.74, 6) is 1.48. The fraction of sp³-hybridized carbons (Fsp3) is 0.200. The molecule has 2 atom stereocenters. The average Bonchev–Trinajstić information content (AvgIpc) is 3.08. The zero-order chi connectivity index (χ0) is 17.6. The molecule has 2 aliphatic heterocycles. The highest BCUT2D eigenvalue weighted by molar-refractivity contribution is 9.10.